The van der Waals surface area contributed by atoms with Crippen LogP contribution in [0.15, 0.2) is 24.3 Å². The molecule has 0 unspecified atom stereocenters. The zero-order valence-corrected chi connectivity index (χ0v) is 14.1. The topological polar surface area (TPSA) is 63.1 Å². The molecule has 6 nitrogen and oxygen atoms in total. The highest BCUT2D eigenvalue weighted by Crippen LogP contribution is 2.25. The van der Waals surface area contributed by atoms with E-state index in [2.05, 4.69) is 24.0 Å². The van der Waals surface area contributed by atoms with Crippen LogP contribution >= 0.6 is 12.2 Å². The second-order valence-corrected chi connectivity index (χ2v) is 6.23. The molecule has 23 heavy (non-hydrogen) atoms. The Morgan fingerprint density at radius 2 is 2.26 bits per heavy atom. The largest absolute Gasteiger partial charge is 0.486 e. The number of hydrogen-bond acceptors (Lipinski definition) is 4. The number of aromatic nitrogens is 3. The molecule has 1 aromatic heterocycles. The SMILES string of the molecule is CC(C)n1c(COc2cccc(N3CCCC3=O)c2)n[nH]c1=S. The molecular formula is C16H20N4O2S. The third-order valence-corrected chi connectivity index (χ3v) is 4.15. The lowest BCUT2D eigenvalue weighted by Crippen LogP contribution is -2.23. The van der Waals surface area contributed by atoms with Gasteiger partial charge in [0.1, 0.15) is 12.4 Å². The first-order valence-corrected chi connectivity index (χ1v) is 8.16. The fourth-order valence-electron chi connectivity index (χ4n) is 2.78. The molecule has 1 aliphatic heterocycles. The van der Waals surface area contributed by atoms with Crippen molar-refractivity contribution in [1.82, 2.24) is 14.8 Å². The number of aromatic amines is 1. The van der Waals surface area contributed by atoms with E-state index in [1.165, 1.54) is 0 Å². The zero-order chi connectivity index (χ0) is 16.4. The van der Waals surface area contributed by atoms with Crippen LogP contribution in [0.2, 0.25) is 0 Å². The molecule has 0 bridgehead atoms. The van der Waals surface area contributed by atoms with Crippen molar-refractivity contribution in [2.75, 3.05) is 11.4 Å². The van der Waals surface area contributed by atoms with Gasteiger partial charge in [0.15, 0.2) is 10.6 Å². The second-order valence-electron chi connectivity index (χ2n) is 5.84. The van der Waals surface area contributed by atoms with Crippen molar-refractivity contribution in [2.24, 2.45) is 0 Å². The molecule has 0 radical (unpaired) electrons. The number of rotatable bonds is 5. The highest BCUT2D eigenvalue weighted by atomic mass is 32.1. The summed E-state index contributed by atoms with van der Waals surface area (Å²) >= 11 is 5.23. The van der Waals surface area contributed by atoms with Crippen molar-refractivity contribution in [3.8, 4) is 5.75 Å². The van der Waals surface area contributed by atoms with Crippen molar-refractivity contribution in [3.63, 3.8) is 0 Å². The van der Waals surface area contributed by atoms with Crippen LogP contribution in [0.4, 0.5) is 5.69 Å². The number of ether oxygens (including phenoxy) is 1. The maximum Gasteiger partial charge on any atom is 0.227 e. The van der Waals surface area contributed by atoms with Crippen LogP contribution in [-0.2, 0) is 11.4 Å². The summed E-state index contributed by atoms with van der Waals surface area (Å²) in [5.74, 6) is 1.64. The highest BCUT2D eigenvalue weighted by Gasteiger charge is 2.21. The van der Waals surface area contributed by atoms with Crippen molar-refractivity contribution < 1.29 is 9.53 Å². The van der Waals surface area contributed by atoms with Gasteiger partial charge in [0, 0.05) is 30.8 Å². The van der Waals surface area contributed by atoms with E-state index in [9.17, 15) is 4.79 Å². The Kier molecular flexibility index (Phi) is 4.47. The van der Waals surface area contributed by atoms with Crippen LogP contribution in [0.1, 0.15) is 38.6 Å². The average Bonchev–Trinajstić information content (AvgIpc) is 3.11. The summed E-state index contributed by atoms with van der Waals surface area (Å²) in [6.07, 6.45) is 1.53. The molecule has 1 amide bonds. The molecular weight excluding hydrogens is 312 g/mol. The maximum atomic E-state index is 11.8. The monoisotopic (exact) mass is 332 g/mol. The fourth-order valence-corrected chi connectivity index (χ4v) is 3.14. The predicted molar refractivity (Wildman–Crippen MR) is 90.2 cm³/mol. The first-order valence-electron chi connectivity index (χ1n) is 7.75. The first kappa shape index (κ1) is 15.7. The number of hydrogen-bond donors (Lipinski definition) is 1. The molecule has 1 saturated heterocycles. The van der Waals surface area contributed by atoms with Gasteiger partial charge < -0.3 is 9.64 Å². The highest BCUT2D eigenvalue weighted by molar-refractivity contribution is 7.71. The number of carbonyl (C=O) groups is 1. The average molecular weight is 332 g/mol. The molecule has 0 aliphatic carbocycles. The Morgan fingerprint density at radius 3 is 2.96 bits per heavy atom. The Balaban J connectivity index is 1.74. The third-order valence-electron chi connectivity index (χ3n) is 3.86. The van der Waals surface area contributed by atoms with Crippen molar-refractivity contribution in [2.45, 2.75) is 39.3 Å². The number of benzene rings is 1. The Morgan fingerprint density at radius 1 is 1.43 bits per heavy atom. The van der Waals surface area contributed by atoms with Crippen molar-refractivity contribution in [3.05, 3.63) is 34.9 Å². The summed E-state index contributed by atoms with van der Waals surface area (Å²) in [6.45, 7) is 5.19. The minimum Gasteiger partial charge on any atom is -0.486 e. The quantitative estimate of drug-likeness (QED) is 0.854. The Hall–Kier alpha value is -2.15. The van der Waals surface area contributed by atoms with Gasteiger partial charge in [-0.2, -0.15) is 5.10 Å². The van der Waals surface area contributed by atoms with Crippen LogP contribution < -0.4 is 9.64 Å². The predicted octanol–water partition coefficient (Wildman–Crippen LogP) is 3.23. The molecule has 122 valence electrons. The smallest absolute Gasteiger partial charge is 0.227 e. The van der Waals surface area contributed by atoms with E-state index >= 15 is 0 Å². The lowest BCUT2D eigenvalue weighted by atomic mass is 10.3. The van der Waals surface area contributed by atoms with Crippen LogP contribution in [0.3, 0.4) is 0 Å². The molecule has 0 saturated carbocycles. The van der Waals surface area contributed by atoms with Crippen molar-refractivity contribution >= 4 is 23.8 Å². The van der Waals surface area contributed by atoms with E-state index in [-0.39, 0.29) is 11.9 Å². The van der Waals surface area contributed by atoms with Gasteiger partial charge in [0.25, 0.3) is 0 Å². The van der Waals surface area contributed by atoms with E-state index in [0.717, 1.165) is 24.5 Å². The van der Waals surface area contributed by atoms with Gasteiger partial charge in [-0.3, -0.25) is 14.5 Å². The van der Waals surface area contributed by atoms with Gasteiger partial charge in [-0.15, -0.1) is 0 Å². The number of nitrogens with one attached hydrogen (secondary N) is 1. The number of nitrogens with zero attached hydrogens (tertiary/aromatic N) is 3. The summed E-state index contributed by atoms with van der Waals surface area (Å²) in [5, 5.41) is 7.02. The lowest BCUT2D eigenvalue weighted by Gasteiger charge is -2.17. The van der Waals surface area contributed by atoms with E-state index < -0.39 is 0 Å². The number of anilines is 1. The molecule has 1 fully saturated rings. The molecule has 0 atom stereocenters. The molecule has 2 heterocycles. The summed E-state index contributed by atoms with van der Waals surface area (Å²) in [7, 11) is 0. The van der Waals surface area contributed by atoms with Crippen molar-refractivity contribution in [1.29, 1.82) is 0 Å². The molecule has 1 N–H and O–H groups in total. The van der Waals surface area contributed by atoms with Gasteiger partial charge in [-0.25, -0.2) is 0 Å². The van der Waals surface area contributed by atoms with E-state index in [0.29, 0.717) is 23.5 Å². The van der Waals surface area contributed by atoms with Crippen LogP contribution in [-0.4, -0.2) is 27.2 Å². The zero-order valence-electron chi connectivity index (χ0n) is 13.3. The van der Waals surface area contributed by atoms with Gasteiger partial charge >= 0.3 is 0 Å². The molecule has 0 spiro atoms. The summed E-state index contributed by atoms with van der Waals surface area (Å²) < 4.78 is 8.37. The van der Waals surface area contributed by atoms with E-state index in [1.807, 2.05) is 28.8 Å². The molecule has 2 aromatic rings. The molecule has 1 aromatic carbocycles. The normalized spacial score (nSPS) is 14.7. The van der Waals surface area contributed by atoms with E-state index in [1.54, 1.807) is 4.90 Å². The van der Waals surface area contributed by atoms with Gasteiger partial charge in [-0.1, -0.05) is 6.07 Å². The number of H-pyrrole nitrogens is 1. The van der Waals surface area contributed by atoms with Gasteiger partial charge in [0.2, 0.25) is 5.91 Å². The minimum atomic E-state index is 0.169. The van der Waals surface area contributed by atoms with Crippen LogP contribution in [0.5, 0.6) is 5.75 Å². The maximum absolute atomic E-state index is 11.8. The first-order chi connectivity index (χ1) is 11.1. The molecule has 7 heteroatoms. The Labute approximate surface area is 140 Å². The summed E-state index contributed by atoms with van der Waals surface area (Å²) in [4.78, 5) is 13.6. The fraction of sp³-hybridized carbons (Fsp3) is 0.438. The third kappa shape index (κ3) is 3.29. The number of carbonyl (C=O) groups excluding carboxylic acids is 1. The minimum absolute atomic E-state index is 0.169. The Bertz CT molecular complexity index is 765. The molecule has 3 rings (SSSR count). The number of amides is 1. The lowest BCUT2D eigenvalue weighted by molar-refractivity contribution is -0.117. The second kappa shape index (κ2) is 6.54. The summed E-state index contributed by atoms with van der Waals surface area (Å²) in [5.41, 5.74) is 0.882. The van der Waals surface area contributed by atoms with Gasteiger partial charge in [0.05, 0.1) is 0 Å². The van der Waals surface area contributed by atoms with Crippen LogP contribution in [0, 0.1) is 4.77 Å². The standard InChI is InChI=1S/C16H20N4O2S/c1-11(2)20-14(17-18-16(20)23)10-22-13-6-3-5-12(9-13)19-8-4-7-15(19)21/h3,5-6,9,11H,4,7-8,10H2,1-2H3,(H,18,23). The molecule has 1 aliphatic rings. The van der Waals surface area contributed by atoms with Crippen LogP contribution in [0.25, 0.3) is 0 Å². The summed E-state index contributed by atoms with van der Waals surface area (Å²) in [6, 6.07) is 7.82. The van der Waals surface area contributed by atoms with Gasteiger partial charge in [-0.05, 0) is 44.6 Å². The van der Waals surface area contributed by atoms with E-state index in [4.69, 9.17) is 17.0 Å².